The molecule has 1 rings (SSSR count). The summed E-state index contributed by atoms with van der Waals surface area (Å²) in [5.74, 6) is 0.895. The van der Waals surface area contributed by atoms with Crippen molar-refractivity contribution in [1.82, 2.24) is 5.32 Å². The Hall–Kier alpha value is -0.120. The number of nitrogens with one attached hydrogen (secondary N) is 1. The lowest BCUT2D eigenvalue weighted by Crippen LogP contribution is -2.36. The van der Waals surface area contributed by atoms with Gasteiger partial charge in [0.25, 0.3) is 0 Å². The van der Waals surface area contributed by atoms with E-state index in [1.165, 1.54) is 25.7 Å². The Morgan fingerprint density at radius 1 is 1.50 bits per heavy atom. The average Bonchev–Trinajstić information content (AvgIpc) is 2.63. The molecular weight excluding hydrogens is 178 g/mol. The molecule has 3 unspecified atom stereocenters. The summed E-state index contributed by atoms with van der Waals surface area (Å²) in [5.41, 5.74) is 0. The molecule has 3 heteroatoms. The van der Waals surface area contributed by atoms with Gasteiger partial charge in [-0.3, -0.25) is 0 Å². The molecule has 0 bridgehead atoms. The van der Waals surface area contributed by atoms with Crippen molar-refractivity contribution in [2.75, 3.05) is 20.3 Å². The molecule has 0 spiro atoms. The Morgan fingerprint density at radius 3 is 2.86 bits per heavy atom. The predicted molar refractivity (Wildman–Crippen MR) is 57.3 cm³/mol. The number of hydrogen-bond acceptors (Lipinski definition) is 3. The maximum atomic E-state index is 9.45. The summed E-state index contributed by atoms with van der Waals surface area (Å²) in [4.78, 5) is 0. The maximum Gasteiger partial charge on any atom is 0.0897 e. The Balaban J connectivity index is 2.07. The standard InChI is InChI=1S/C11H23NO2/c1-3-9-4-5-10(6-9)12-7-11(13)8-14-2/h9-13H,3-8H2,1-2H3. The van der Waals surface area contributed by atoms with Gasteiger partial charge in [-0.25, -0.2) is 0 Å². The molecule has 0 heterocycles. The highest BCUT2D eigenvalue weighted by Crippen LogP contribution is 2.27. The number of rotatable bonds is 6. The zero-order valence-corrected chi connectivity index (χ0v) is 9.33. The second-order valence-electron chi connectivity index (χ2n) is 4.30. The van der Waals surface area contributed by atoms with Gasteiger partial charge in [0.15, 0.2) is 0 Å². The van der Waals surface area contributed by atoms with Gasteiger partial charge in [0.05, 0.1) is 12.7 Å². The average molecular weight is 201 g/mol. The van der Waals surface area contributed by atoms with Crippen LogP contribution in [0.3, 0.4) is 0 Å². The molecule has 0 aliphatic heterocycles. The van der Waals surface area contributed by atoms with Gasteiger partial charge in [0.2, 0.25) is 0 Å². The minimum Gasteiger partial charge on any atom is -0.389 e. The van der Waals surface area contributed by atoms with Gasteiger partial charge in [-0.1, -0.05) is 13.3 Å². The fraction of sp³-hybridized carbons (Fsp3) is 1.00. The molecule has 2 N–H and O–H groups in total. The lowest BCUT2D eigenvalue weighted by molar-refractivity contribution is 0.0627. The van der Waals surface area contributed by atoms with E-state index in [-0.39, 0.29) is 6.10 Å². The number of aliphatic hydroxyl groups excluding tert-OH is 1. The third kappa shape index (κ3) is 3.95. The van der Waals surface area contributed by atoms with E-state index >= 15 is 0 Å². The van der Waals surface area contributed by atoms with Crippen molar-refractivity contribution >= 4 is 0 Å². The van der Waals surface area contributed by atoms with Gasteiger partial charge in [-0.05, 0) is 25.2 Å². The highest BCUT2D eigenvalue weighted by atomic mass is 16.5. The molecule has 0 aromatic carbocycles. The van der Waals surface area contributed by atoms with Crippen molar-refractivity contribution in [1.29, 1.82) is 0 Å². The number of methoxy groups -OCH3 is 1. The van der Waals surface area contributed by atoms with Crippen LogP contribution in [0.2, 0.25) is 0 Å². The fourth-order valence-electron chi connectivity index (χ4n) is 2.19. The van der Waals surface area contributed by atoms with Crippen molar-refractivity contribution in [2.24, 2.45) is 5.92 Å². The SMILES string of the molecule is CCC1CCC(NCC(O)COC)C1. The van der Waals surface area contributed by atoms with Crippen LogP contribution in [-0.4, -0.2) is 37.5 Å². The van der Waals surface area contributed by atoms with E-state index in [1.54, 1.807) is 7.11 Å². The van der Waals surface area contributed by atoms with Crippen molar-refractivity contribution in [3.63, 3.8) is 0 Å². The molecule has 84 valence electrons. The van der Waals surface area contributed by atoms with E-state index in [9.17, 15) is 5.11 Å². The minimum absolute atomic E-state index is 0.360. The summed E-state index contributed by atoms with van der Waals surface area (Å²) in [7, 11) is 1.62. The number of aliphatic hydroxyl groups is 1. The molecule has 0 aromatic heterocycles. The Morgan fingerprint density at radius 2 is 2.29 bits per heavy atom. The van der Waals surface area contributed by atoms with Gasteiger partial charge in [0, 0.05) is 19.7 Å². The summed E-state index contributed by atoms with van der Waals surface area (Å²) in [6, 6.07) is 0.617. The van der Waals surface area contributed by atoms with Crippen LogP contribution in [0.15, 0.2) is 0 Å². The second-order valence-corrected chi connectivity index (χ2v) is 4.30. The van der Waals surface area contributed by atoms with E-state index in [0.717, 1.165) is 5.92 Å². The van der Waals surface area contributed by atoms with E-state index in [0.29, 0.717) is 19.2 Å². The second kappa shape index (κ2) is 6.38. The fourth-order valence-corrected chi connectivity index (χ4v) is 2.19. The van der Waals surface area contributed by atoms with Crippen molar-refractivity contribution in [2.45, 2.75) is 44.8 Å². The van der Waals surface area contributed by atoms with Gasteiger partial charge in [0.1, 0.15) is 0 Å². The van der Waals surface area contributed by atoms with E-state index in [4.69, 9.17) is 4.74 Å². The van der Waals surface area contributed by atoms with Crippen LogP contribution in [0.1, 0.15) is 32.6 Å². The molecule has 0 saturated heterocycles. The predicted octanol–water partition coefficient (Wildman–Crippen LogP) is 1.16. The zero-order chi connectivity index (χ0) is 10.4. The highest BCUT2D eigenvalue weighted by molar-refractivity contribution is 4.80. The lowest BCUT2D eigenvalue weighted by atomic mass is 10.1. The van der Waals surface area contributed by atoms with E-state index in [1.807, 2.05) is 0 Å². The smallest absolute Gasteiger partial charge is 0.0897 e. The monoisotopic (exact) mass is 201 g/mol. The van der Waals surface area contributed by atoms with E-state index < -0.39 is 0 Å². The first-order valence-electron chi connectivity index (χ1n) is 5.66. The van der Waals surface area contributed by atoms with Crippen molar-refractivity contribution < 1.29 is 9.84 Å². The van der Waals surface area contributed by atoms with E-state index in [2.05, 4.69) is 12.2 Å². The molecule has 1 saturated carbocycles. The molecule has 0 amide bonds. The number of hydrogen-bond donors (Lipinski definition) is 2. The normalized spacial score (nSPS) is 29.4. The first-order valence-corrected chi connectivity index (χ1v) is 5.66. The third-order valence-electron chi connectivity index (χ3n) is 3.12. The topological polar surface area (TPSA) is 41.5 Å². The maximum absolute atomic E-state index is 9.45. The number of ether oxygens (including phenoxy) is 1. The first-order chi connectivity index (χ1) is 6.76. The van der Waals surface area contributed by atoms with Crippen molar-refractivity contribution in [3.05, 3.63) is 0 Å². The van der Waals surface area contributed by atoms with Crippen LogP contribution < -0.4 is 5.32 Å². The summed E-state index contributed by atoms with van der Waals surface area (Å²) in [5, 5.41) is 12.8. The summed E-state index contributed by atoms with van der Waals surface area (Å²) < 4.78 is 4.87. The summed E-state index contributed by atoms with van der Waals surface area (Å²) >= 11 is 0. The summed E-state index contributed by atoms with van der Waals surface area (Å²) in [6.07, 6.45) is 4.81. The molecule has 0 radical (unpaired) electrons. The van der Waals surface area contributed by atoms with Crippen LogP contribution in [0.5, 0.6) is 0 Å². The molecular formula is C11H23NO2. The molecule has 0 aromatic rings. The first kappa shape index (κ1) is 12.0. The van der Waals surface area contributed by atoms with Gasteiger partial charge in [-0.15, -0.1) is 0 Å². The zero-order valence-electron chi connectivity index (χ0n) is 9.33. The minimum atomic E-state index is -0.360. The molecule has 1 aliphatic rings. The Labute approximate surface area is 86.8 Å². The molecule has 14 heavy (non-hydrogen) atoms. The summed E-state index contributed by atoms with van der Waals surface area (Å²) in [6.45, 7) is 3.35. The van der Waals surface area contributed by atoms with Crippen LogP contribution >= 0.6 is 0 Å². The Bertz CT molecular complexity index is 152. The van der Waals surface area contributed by atoms with Crippen LogP contribution in [0.25, 0.3) is 0 Å². The van der Waals surface area contributed by atoms with Gasteiger partial charge < -0.3 is 15.2 Å². The molecule has 1 aliphatic carbocycles. The quantitative estimate of drug-likeness (QED) is 0.677. The third-order valence-corrected chi connectivity index (χ3v) is 3.12. The molecule has 3 nitrogen and oxygen atoms in total. The van der Waals surface area contributed by atoms with Crippen molar-refractivity contribution in [3.8, 4) is 0 Å². The lowest BCUT2D eigenvalue weighted by Gasteiger charge is -2.15. The van der Waals surface area contributed by atoms with Crippen LogP contribution in [-0.2, 0) is 4.74 Å². The largest absolute Gasteiger partial charge is 0.389 e. The van der Waals surface area contributed by atoms with Gasteiger partial charge >= 0.3 is 0 Å². The highest BCUT2D eigenvalue weighted by Gasteiger charge is 2.23. The van der Waals surface area contributed by atoms with Crippen LogP contribution in [0.4, 0.5) is 0 Å². The Kier molecular flexibility index (Phi) is 5.45. The molecule has 1 fully saturated rings. The molecule has 3 atom stereocenters. The van der Waals surface area contributed by atoms with Gasteiger partial charge in [-0.2, -0.15) is 0 Å². The van der Waals surface area contributed by atoms with Crippen LogP contribution in [0, 0.1) is 5.92 Å².